The van der Waals surface area contributed by atoms with E-state index in [2.05, 4.69) is 25.0 Å². The molecule has 2 N–H and O–H groups in total. The highest BCUT2D eigenvalue weighted by Gasteiger charge is 2.08. The Morgan fingerprint density at radius 3 is 2.56 bits per heavy atom. The van der Waals surface area contributed by atoms with Crippen LogP contribution in [0.5, 0.6) is 0 Å². The van der Waals surface area contributed by atoms with Crippen molar-refractivity contribution >= 4 is 5.95 Å². The van der Waals surface area contributed by atoms with Gasteiger partial charge >= 0.3 is 0 Å². The number of pyridine rings is 1. The summed E-state index contributed by atoms with van der Waals surface area (Å²) in [6.45, 7) is 0. The summed E-state index contributed by atoms with van der Waals surface area (Å²) in [5, 5.41) is 4.06. The maximum atomic E-state index is 5.68. The lowest BCUT2D eigenvalue weighted by Crippen LogP contribution is -2.07. The number of hydrogen-bond donors (Lipinski definition) is 1. The fourth-order valence-corrected chi connectivity index (χ4v) is 1.50. The quantitative estimate of drug-likeness (QED) is 0.707. The van der Waals surface area contributed by atoms with Crippen LogP contribution in [0.25, 0.3) is 17.3 Å². The van der Waals surface area contributed by atoms with Crippen molar-refractivity contribution in [1.29, 1.82) is 0 Å². The summed E-state index contributed by atoms with van der Waals surface area (Å²) in [6.07, 6.45) is 6.73. The SMILES string of the molecule is Nc1nc(-c2ccncc2)nc(-n2cccn2)n1. The van der Waals surface area contributed by atoms with E-state index in [1.165, 1.54) is 4.68 Å². The molecule has 0 amide bonds. The topological polar surface area (TPSA) is 95.4 Å². The fourth-order valence-electron chi connectivity index (χ4n) is 1.50. The average Bonchev–Trinajstić information content (AvgIpc) is 2.93. The van der Waals surface area contributed by atoms with Crippen molar-refractivity contribution < 1.29 is 0 Å². The number of anilines is 1. The molecule has 0 atom stereocenters. The van der Waals surface area contributed by atoms with Gasteiger partial charge in [-0.25, -0.2) is 4.68 Å². The molecule has 7 heteroatoms. The van der Waals surface area contributed by atoms with Crippen LogP contribution in [0.2, 0.25) is 0 Å². The van der Waals surface area contributed by atoms with Crippen LogP contribution in [0, 0.1) is 0 Å². The van der Waals surface area contributed by atoms with E-state index in [0.29, 0.717) is 11.8 Å². The standard InChI is InChI=1S/C11H9N7/c12-10-15-9(8-2-5-13-6-3-8)16-11(17-10)18-7-1-4-14-18/h1-7H,(H2,12,15,16,17). The fraction of sp³-hybridized carbons (Fsp3) is 0. The smallest absolute Gasteiger partial charge is 0.255 e. The third-order valence-electron chi connectivity index (χ3n) is 2.29. The molecule has 0 spiro atoms. The minimum absolute atomic E-state index is 0.155. The number of hydrogen-bond acceptors (Lipinski definition) is 6. The molecule has 3 aromatic heterocycles. The maximum Gasteiger partial charge on any atom is 0.255 e. The molecular formula is C11H9N7. The van der Waals surface area contributed by atoms with Gasteiger partial charge in [0.25, 0.3) is 5.95 Å². The second kappa shape index (κ2) is 4.21. The lowest BCUT2D eigenvalue weighted by molar-refractivity contribution is 0.801. The molecular weight excluding hydrogens is 230 g/mol. The Kier molecular flexibility index (Phi) is 2.41. The predicted molar refractivity (Wildman–Crippen MR) is 64.6 cm³/mol. The number of aromatic nitrogens is 6. The first-order valence-electron chi connectivity index (χ1n) is 5.25. The van der Waals surface area contributed by atoms with Gasteiger partial charge in [-0.15, -0.1) is 0 Å². The van der Waals surface area contributed by atoms with Crippen LogP contribution in [0.15, 0.2) is 43.0 Å². The summed E-state index contributed by atoms with van der Waals surface area (Å²) >= 11 is 0. The number of nitrogens with zero attached hydrogens (tertiary/aromatic N) is 6. The summed E-state index contributed by atoms with van der Waals surface area (Å²) in [5.41, 5.74) is 6.51. The third-order valence-corrected chi connectivity index (χ3v) is 2.29. The average molecular weight is 239 g/mol. The van der Waals surface area contributed by atoms with Crippen molar-refractivity contribution in [2.75, 3.05) is 5.73 Å². The molecule has 88 valence electrons. The highest BCUT2D eigenvalue weighted by atomic mass is 15.4. The Balaban J connectivity index is 2.12. The monoisotopic (exact) mass is 239 g/mol. The Hall–Kier alpha value is -2.83. The number of nitrogens with two attached hydrogens (primary N) is 1. The van der Waals surface area contributed by atoms with Crippen molar-refractivity contribution in [2.24, 2.45) is 0 Å². The lowest BCUT2D eigenvalue weighted by atomic mass is 10.2. The molecule has 0 radical (unpaired) electrons. The van der Waals surface area contributed by atoms with Crippen molar-refractivity contribution in [2.45, 2.75) is 0 Å². The third kappa shape index (κ3) is 1.88. The molecule has 0 aliphatic rings. The molecule has 0 aliphatic carbocycles. The molecule has 7 nitrogen and oxygen atoms in total. The van der Waals surface area contributed by atoms with E-state index in [-0.39, 0.29) is 5.95 Å². The van der Waals surface area contributed by atoms with Crippen LogP contribution in [-0.2, 0) is 0 Å². The summed E-state index contributed by atoms with van der Waals surface area (Å²) in [6, 6.07) is 5.40. The summed E-state index contributed by atoms with van der Waals surface area (Å²) in [5.74, 6) is 1.04. The first kappa shape index (κ1) is 10.3. The van der Waals surface area contributed by atoms with E-state index in [1.807, 2.05) is 12.1 Å². The number of rotatable bonds is 2. The van der Waals surface area contributed by atoms with Crippen molar-refractivity contribution in [3.8, 4) is 17.3 Å². The van der Waals surface area contributed by atoms with Crippen LogP contribution in [-0.4, -0.2) is 29.7 Å². The van der Waals surface area contributed by atoms with Gasteiger partial charge in [-0.3, -0.25) is 4.98 Å². The van der Waals surface area contributed by atoms with E-state index in [0.717, 1.165) is 5.56 Å². The molecule has 0 aliphatic heterocycles. The first-order chi connectivity index (χ1) is 8.83. The minimum atomic E-state index is 0.155. The minimum Gasteiger partial charge on any atom is -0.368 e. The van der Waals surface area contributed by atoms with Gasteiger partial charge in [0, 0.05) is 30.4 Å². The first-order valence-corrected chi connectivity index (χ1v) is 5.25. The molecule has 0 bridgehead atoms. The van der Waals surface area contributed by atoms with Crippen molar-refractivity contribution in [1.82, 2.24) is 29.7 Å². The molecule has 0 unspecified atom stereocenters. The molecule has 18 heavy (non-hydrogen) atoms. The molecule has 0 saturated heterocycles. The summed E-state index contributed by atoms with van der Waals surface area (Å²) in [7, 11) is 0. The van der Waals surface area contributed by atoms with Crippen LogP contribution < -0.4 is 5.73 Å². The van der Waals surface area contributed by atoms with Crippen molar-refractivity contribution in [3.63, 3.8) is 0 Å². The zero-order chi connectivity index (χ0) is 12.4. The second-order valence-electron chi connectivity index (χ2n) is 3.50. The van der Waals surface area contributed by atoms with Gasteiger partial charge in [-0.2, -0.15) is 20.1 Å². The zero-order valence-corrected chi connectivity index (χ0v) is 9.30. The van der Waals surface area contributed by atoms with Crippen LogP contribution in [0.3, 0.4) is 0 Å². The van der Waals surface area contributed by atoms with E-state index < -0.39 is 0 Å². The molecule has 0 saturated carbocycles. The molecule has 3 rings (SSSR count). The van der Waals surface area contributed by atoms with Gasteiger partial charge in [-0.05, 0) is 18.2 Å². The van der Waals surface area contributed by atoms with E-state index >= 15 is 0 Å². The highest BCUT2D eigenvalue weighted by Crippen LogP contribution is 2.14. The van der Waals surface area contributed by atoms with Gasteiger partial charge in [0.05, 0.1) is 0 Å². The van der Waals surface area contributed by atoms with Gasteiger partial charge in [0.1, 0.15) is 0 Å². The summed E-state index contributed by atoms with van der Waals surface area (Å²) < 4.78 is 1.53. The van der Waals surface area contributed by atoms with E-state index in [4.69, 9.17) is 5.73 Å². The van der Waals surface area contributed by atoms with Gasteiger partial charge in [0.15, 0.2) is 5.82 Å². The lowest BCUT2D eigenvalue weighted by Gasteiger charge is -2.04. The predicted octanol–water partition coefficient (Wildman–Crippen LogP) is 0.701. The molecule has 0 aromatic carbocycles. The van der Waals surface area contributed by atoms with Gasteiger partial charge in [-0.1, -0.05) is 0 Å². The normalized spacial score (nSPS) is 10.4. The van der Waals surface area contributed by atoms with E-state index in [9.17, 15) is 0 Å². The molecule has 3 aromatic rings. The number of nitrogen functional groups attached to an aromatic ring is 1. The van der Waals surface area contributed by atoms with Gasteiger partial charge in [0.2, 0.25) is 5.95 Å². The molecule has 0 fully saturated rings. The van der Waals surface area contributed by atoms with E-state index in [1.54, 1.807) is 30.9 Å². The highest BCUT2D eigenvalue weighted by molar-refractivity contribution is 5.55. The van der Waals surface area contributed by atoms with Crippen LogP contribution in [0.4, 0.5) is 5.95 Å². The Labute approximate surface area is 102 Å². The second-order valence-corrected chi connectivity index (χ2v) is 3.50. The van der Waals surface area contributed by atoms with Crippen molar-refractivity contribution in [3.05, 3.63) is 43.0 Å². The Morgan fingerprint density at radius 2 is 1.83 bits per heavy atom. The summed E-state index contributed by atoms with van der Waals surface area (Å²) in [4.78, 5) is 16.4. The maximum absolute atomic E-state index is 5.68. The molecule has 3 heterocycles. The van der Waals surface area contributed by atoms with Crippen LogP contribution in [0.1, 0.15) is 0 Å². The Morgan fingerprint density at radius 1 is 1.00 bits per heavy atom. The zero-order valence-electron chi connectivity index (χ0n) is 9.30. The Bertz CT molecular complexity index is 648. The van der Waals surface area contributed by atoms with Crippen LogP contribution >= 0.6 is 0 Å². The largest absolute Gasteiger partial charge is 0.368 e. The van der Waals surface area contributed by atoms with Gasteiger partial charge < -0.3 is 5.73 Å².